The Bertz CT molecular complexity index is 621. The summed E-state index contributed by atoms with van der Waals surface area (Å²) in [6.45, 7) is 4.67. The fourth-order valence-electron chi connectivity index (χ4n) is 2.65. The topological polar surface area (TPSA) is 41.1 Å². The molecular weight excluding hydrogens is 279 g/mol. The van der Waals surface area contributed by atoms with Crippen molar-refractivity contribution in [2.75, 3.05) is 23.3 Å². The maximum Gasteiger partial charge on any atom is 0.227 e. The predicted molar refractivity (Wildman–Crippen MR) is 86.6 cm³/mol. The molecule has 0 radical (unpaired) electrons. The van der Waals surface area contributed by atoms with E-state index >= 15 is 0 Å². The van der Waals surface area contributed by atoms with Crippen molar-refractivity contribution >= 4 is 11.8 Å². The molecule has 1 aromatic carbocycles. The van der Waals surface area contributed by atoms with Crippen LogP contribution in [0.1, 0.15) is 30.4 Å². The first-order chi connectivity index (χ1) is 10.7. The van der Waals surface area contributed by atoms with Gasteiger partial charge in [0.15, 0.2) is 0 Å². The molecular formula is C17H21FN4. The Morgan fingerprint density at radius 3 is 2.59 bits per heavy atom. The fraction of sp³-hybridized carbons (Fsp3) is 0.412. The van der Waals surface area contributed by atoms with Crippen LogP contribution in [0.25, 0.3) is 0 Å². The normalized spacial score (nSPS) is 14.9. The lowest BCUT2D eigenvalue weighted by Gasteiger charge is -2.27. The van der Waals surface area contributed by atoms with Gasteiger partial charge in [-0.05, 0) is 43.9 Å². The third kappa shape index (κ3) is 3.53. The van der Waals surface area contributed by atoms with E-state index in [1.54, 1.807) is 12.1 Å². The highest BCUT2D eigenvalue weighted by Crippen LogP contribution is 2.19. The molecule has 0 saturated carbocycles. The van der Waals surface area contributed by atoms with Crippen molar-refractivity contribution in [1.82, 2.24) is 9.97 Å². The number of anilines is 2. The molecule has 4 nitrogen and oxygen atoms in total. The van der Waals surface area contributed by atoms with Gasteiger partial charge in [0, 0.05) is 31.4 Å². The summed E-state index contributed by atoms with van der Waals surface area (Å²) in [7, 11) is 0. The van der Waals surface area contributed by atoms with Gasteiger partial charge in [0.25, 0.3) is 0 Å². The lowest BCUT2D eigenvalue weighted by atomic mass is 10.1. The molecule has 116 valence electrons. The number of aryl methyl sites for hydroxylation is 1. The molecule has 0 bridgehead atoms. The number of rotatable bonds is 4. The second-order valence-corrected chi connectivity index (χ2v) is 5.73. The third-order valence-electron chi connectivity index (χ3n) is 3.97. The minimum absolute atomic E-state index is 0.214. The van der Waals surface area contributed by atoms with Gasteiger partial charge in [-0.3, -0.25) is 0 Å². The molecule has 22 heavy (non-hydrogen) atoms. The van der Waals surface area contributed by atoms with E-state index in [1.165, 1.54) is 31.4 Å². The molecule has 5 heteroatoms. The van der Waals surface area contributed by atoms with Crippen molar-refractivity contribution in [3.8, 4) is 0 Å². The maximum absolute atomic E-state index is 12.9. The third-order valence-corrected chi connectivity index (χ3v) is 3.97. The van der Waals surface area contributed by atoms with E-state index in [1.807, 2.05) is 13.1 Å². The van der Waals surface area contributed by atoms with Crippen molar-refractivity contribution in [3.05, 3.63) is 47.4 Å². The summed E-state index contributed by atoms with van der Waals surface area (Å²) >= 11 is 0. The molecule has 3 rings (SSSR count). The molecule has 1 N–H and O–H groups in total. The summed E-state index contributed by atoms with van der Waals surface area (Å²) in [5.74, 6) is 1.43. The van der Waals surface area contributed by atoms with E-state index in [2.05, 4.69) is 20.2 Å². The van der Waals surface area contributed by atoms with Crippen LogP contribution in [0.4, 0.5) is 16.2 Å². The van der Waals surface area contributed by atoms with Gasteiger partial charge >= 0.3 is 0 Å². The monoisotopic (exact) mass is 300 g/mol. The van der Waals surface area contributed by atoms with Gasteiger partial charge in [-0.1, -0.05) is 12.1 Å². The Kier molecular flexibility index (Phi) is 4.51. The molecule has 2 aromatic rings. The van der Waals surface area contributed by atoms with Crippen LogP contribution in [0.15, 0.2) is 30.5 Å². The van der Waals surface area contributed by atoms with Gasteiger partial charge in [-0.15, -0.1) is 0 Å². The van der Waals surface area contributed by atoms with E-state index in [4.69, 9.17) is 0 Å². The van der Waals surface area contributed by atoms with Crippen LogP contribution in [0.5, 0.6) is 0 Å². The van der Waals surface area contributed by atoms with Gasteiger partial charge in [0.1, 0.15) is 11.6 Å². The van der Waals surface area contributed by atoms with Gasteiger partial charge in [0.2, 0.25) is 5.95 Å². The zero-order valence-electron chi connectivity index (χ0n) is 12.8. The number of nitrogens with one attached hydrogen (secondary N) is 1. The Morgan fingerprint density at radius 2 is 1.86 bits per heavy atom. The number of halogens is 1. The van der Waals surface area contributed by atoms with Crippen LogP contribution in [-0.4, -0.2) is 23.1 Å². The smallest absolute Gasteiger partial charge is 0.227 e. The SMILES string of the molecule is Cc1cnc(N2CCCCC2)nc1NCc1ccc(F)cc1. The maximum atomic E-state index is 12.9. The summed E-state index contributed by atoms with van der Waals surface area (Å²) < 4.78 is 12.9. The molecule has 1 fully saturated rings. The van der Waals surface area contributed by atoms with Crippen LogP contribution < -0.4 is 10.2 Å². The van der Waals surface area contributed by atoms with E-state index in [0.29, 0.717) is 6.54 Å². The van der Waals surface area contributed by atoms with Gasteiger partial charge in [0.05, 0.1) is 0 Å². The zero-order chi connectivity index (χ0) is 15.4. The highest BCUT2D eigenvalue weighted by molar-refractivity contribution is 5.47. The second kappa shape index (κ2) is 6.73. The van der Waals surface area contributed by atoms with Crippen molar-refractivity contribution in [3.63, 3.8) is 0 Å². The average Bonchev–Trinajstić information content (AvgIpc) is 2.56. The second-order valence-electron chi connectivity index (χ2n) is 5.73. The minimum Gasteiger partial charge on any atom is -0.366 e. The van der Waals surface area contributed by atoms with Crippen molar-refractivity contribution in [1.29, 1.82) is 0 Å². The number of hydrogen-bond acceptors (Lipinski definition) is 4. The van der Waals surface area contributed by atoms with Crippen LogP contribution >= 0.6 is 0 Å². The molecule has 2 heterocycles. The Morgan fingerprint density at radius 1 is 1.14 bits per heavy atom. The standard InChI is InChI=1S/C17H21FN4/c1-13-11-20-17(22-9-3-2-4-10-22)21-16(13)19-12-14-5-7-15(18)8-6-14/h5-8,11H,2-4,9-10,12H2,1H3,(H,19,20,21). The fourth-order valence-corrected chi connectivity index (χ4v) is 2.65. The van der Waals surface area contributed by atoms with E-state index < -0.39 is 0 Å². The van der Waals surface area contributed by atoms with Crippen LogP contribution in [-0.2, 0) is 6.54 Å². The summed E-state index contributed by atoms with van der Waals surface area (Å²) in [6.07, 6.45) is 5.56. The number of hydrogen-bond donors (Lipinski definition) is 1. The van der Waals surface area contributed by atoms with Gasteiger partial charge in [-0.25, -0.2) is 9.37 Å². The quantitative estimate of drug-likeness (QED) is 0.938. The van der Waals surface area contributed by atoms with E-state index in [0.717, 1.165) is 36.0 Å². The Labute approximate surface area is 130 Å². The van der Waals surface area contributed by atoms with Crippen LogP contribution in [0.3, 0.4) is 0 Å². The summed E-state index contributed by atoms with van der Waals surface area (Å²) in [5.41, 5.74) is 2.04. The molecule has 1 aromatic heterocycles. The van der Waals surface area contributed by atoms with Crippen molar-refractivity contribution < 1.29 is 4.39 Å². The molecule has 1 aliphatic heterocycles. The van der Waals surface area contributed by atoms with E-state index in [9.17, 15) is 4.39 Å². The molecule has 1 aliphatic rings. The molecule has 0 atom stereocenters. The number of benzene rings is 1. The number of piperidine rings is 1. The Hall–Kier alpha value is -2.17. The predicted octanol–water partition coefficient (Wildman–Crippen LogP) is 3.53. The average molecular weight is 300 g/mol. The largest absolute Gasteiger partial charge is 0.366 e. The summed E-state index contributed by atoms with van der Waals surface area (Å²) in [5, 5.41) is 3.33. The number of aromatic nitrogens is 2. The Balaban J connectivity index is 1.70. The summed E-state index contributed by atoms with van der Waals surface area (Å²) in [4.78, 5) is 11.4. The molecule has 1 saturated heterocycles. The first-order valence-corrected chi connectivity index (χ1v) is 7.79. The van der Waals surface area contributed by atoms with Gasteiger partial charge in [-0.2, -0.15) is 4.98 Å². The molecule has 0 spiro atoms. The lowest BCUT2D eigenvalue weighted by Crippen LogP contribution is -2.31. The van der Waals surface area contributed by atoms with Crippen molar-refractivity contribution in [2.24, 2.45) is 0 Å². The number of nitrogens with zero attached hydrogens (tertiary/aromatic N) is 3. The molecule has 0 unspecified atom stereocenters. The van der Waals surface area contributed by atoms with Crippen molar-refractivity contribution in [2.45, 2.75) is 32.7 Å². The van der Waals surface area contributed by atoms with Crippen LogP contribution in [0, 0.1) is 12.7 Å². The first kappa shape index (κ1) is 14.8. The molecule has 0 amide bonds. The summed E-state index contributed by atoms with van der Waals surface area (Å²) in [6, 6.07) is 6.51. The molecule has 0 aliphatic carbocycles. The highest BCUT2D eigenvalue weighted by Gasteiger charge is 2.14. The first-order valence-electron chi connectivity index (χ1n) is 7.79. The van der Waals surface area contributed by atoms with E-state index in [-0.39, 0.29) is 5.82 Å². The zero-order valence-corrected chi connectivity index (χ0v) is 12.8. The highest BCUT2D eigenvalue weighted by atomic mass is 19.1. The minimum atomic E-state index is -0.214. The van der Waals surface area contributed by atoms with Crippen LogP contribution in [0.2, 0.25) is 0 Å². The van der Waals surface area contributed by atoms with Gasteiger partial charge < -0.3 is 10.2 Å². The lowest BCUT2D eigenvalue weighted by molar-refractivity contribution is 0.568.